The molecule has 0 radical (unpaired) electrons. The van der Waals surface area contributed by atoms with Gasteiger partial charge in [-0.05, 0) is 37.3 Å². The third kappa shape index (κ3) is 3.55. The number of carbonyl (C=O) groups is 1. The molecule has 0 unspecified atom stereocenters. The van der Waals surface area contributed by atoms with Crippen molar-refractivity contribution in [2.45, 2.75) is 13.5 Å². The summed E-state index contributed by atoms with van der Waals surface area (Å²) in [6.07, 6.45) is 1.69. The van der Waals surface area contributed by atoms with E-state index < -0.39 is 0 Å². The van der Waals surface area contributed by atoms with Crippen molar-refractivity contribution in [3.05, 3.63) is 52.3 Å². The van der Waals surface area contributed by atoms with Crippen LogP contribution in [0.2, 0.25) is 10.0 Å². The number of amides is 1. The van der Waals surface area contributed by atoms with Crippen LogP contribution in [0.25, 0.3) is 10.9 Å². The van der Waals surface area contributed by atoms with Crippen LogP contribution in [0.1, 0.15) is 17.4 Å². The molecule has 1 fully saturated rings. The Morgan fingerprint density at radius 2 is 2.00 bits per heavy atom. The Bertz CT molecular complexity index is 1010. The summed E-state index contributed by atoms with van der Waals surface area (Å²) in [5.41, 5.74) is 2.07. The highest BCUT2D eigenvalue weighted by atomic mass is 35.5. The Morgan fingerprint density at radius 3 is 2.68 bits per heavy atom. The lowest BCUT2D eigenvalue weighted by Gasteiger charge is -2.28. The summed E-state index contributed by atoms with van der Waals surface area (Å²) in [5.74, 6) is 0.713. The lowest BCUT2D eigenvalue weighted by molar-refractivity contribution is 0.101. The van der Waals surface area contributed by atoms with Gasteiger partial charge in [0, 0.05) is 38.1 Å². The van der Waals surface area contributed by atoms with E-state index in [9.17, 15) is 4.79 Å². The SMILES string of the molecule is CCn1c(C(=O)Nc2ccc(N3CCNCC3)nc2)cc2c(Cl)c(Cl)ccc21. The lowest BCUT2D eigenvalue weighted by Crippen LogP contribution is -2.43. The van der Waals surface area contributed by atoms with Gasteiger partial charge in [0.05, 0.1) is 27.4 Å². The van der Waals surface area contributed by atoms with Crippen LogP contribution in [-0.4, -0.2) is 41.6 Å². The Hall–Kier alpha value is -2.28. The minimum absolute atomic E-state index is 0.207. The molecule has 1 aromatic carbocycles. The maximum Gasteiger partial charge on any atom is 0.272 e. The van der Waals surface area contributed by atoms with Gasteiger partial charge in [-0.25, -0.2) is 4.98 Å². The van der Waals surface area contributed by atoms with Gasteiger partial charge in [0.25, 0.3) is 5.91 Å². The Balaban J connectivity index is 1.57. The Morgan fingerprint density at radius 1 is 1.21 bits per heavy atom. The van der Waals surface area contributed by atoms with Gasteiger partial charge in [-0.15, -0.1) is 0 Å². The molecule has 0 bridgehead atoms. The highest BCUT2D eigenvalue weighted by Gasteiger charge is 2.18. The molecule has 2 aromatic heterocycles. The first-order valence-electron chi connectivity index (χ1n) is 9.29. The van der Waals surface area contributed by atoms with Gasteiger partial charge in [-0.2, -0.15) is 0 Å². The largest absolute Gasteiger partial charge is 0.354 e. The lowest BCUT2D eigenvalue weighted by atomic mass is 10.2. The normalized spacial score (nSPS) is 14.5. The molecule has 8 heteroatoms. The van der Waals surface area contributed by atoms with Crippen molar-refractivity contribution in [3.63, 3.8) is 0 Å². The molecular weight excluding hydrogens is 397 g/mol. The summed E-state index contributed by atoms with van der Waals surface area (Å²) in [6, 6.07) is 9.23. The molecule has 2 N–H and O–H groups in total. The number of fused-ring (bicyclic) bond motifs is 1. The number of hydrogen-bond acceptors (Lipinski definition) is 4. The number of benzene rings is 1. The maximum atomic E-state index is 12.9. The average Bonchev–Trinajstić information content (AvgIpc) is 3.11. The number of aryl methyl sites for hydroxylation is 1. The monoisotopic (exact) mass is 417 g/mol. The second-order valence-corrected chi connectivity index (χ2v) is 7.45. The number of hydrogen-bond donors (Lipinski definition) is 2. The topological polar surface area (TPSA) is 62.2 Å². The van der Waals surface area contributed by atoms with E-state index in [1.54, 1.807) is 18.3 Å². The summed E-state index contributed by atoms with van der Waals surface area (Å²) in [5, 5.41) is 7.96. The number of aromatic nitrogens is 2. The minimum Gasteiger partial charge on any atom is -0.354 e. The first kappa shape index (κ1) is 19.1. The molecule has 0 aliphatic carbocycles. The quantitative estimate of drug-likeness (QED) is 0.672. The third-order valence-corrected chi connectivity index (χ3v) is 5.79. The molecule has 1 saturated heterocycles. The molecule has 1 aliphatic rings. The molecular formula is C20H21Cl2N5O. The number of pyridine rings is 1. The first-order chi connectivity index (χ1) is 13.6. The summed E-state index contributed by atoms with van der Waals surface area (Å²) in [4.78, 5) is 19.6. The van der Waals surface area contributed by atoms with E-state index in [2.05, 4.69) is 20.5 Å². The van der Waals surface area contributed by atoms with Gasteiger partial charge in [0.15, 0.2) is 0 Å². The summed E-state index contributed by atoms with van der Waals surface area (Å²) < 4.78 is 1.93. The Kier molecular flexibility index (Phi) is 5.44. The van der Waals surface area contributed by atoms with Crippen molar-refractivity contribution >= 4 is 51.5 Å². The van der Waals surface area contributed by atoms with Crippen molar-refractivity contribution in [2.24, 2.45) is 0 Å². The molecule has 1 aliphatic heterocycles. The number of piperazine rings is 1. The minimum atomic E-state index is -0.207. The zero-order chi connectivity index (χ0) is 19.7. The van der Waals surface area contributed by atoms with Crippen LogP contribution < -0.4 is 15.5 Å². The fraction of sp³-hybridized carbons (Fsp3) is 0.300. The van der Waals surface area contributed by atoms with Crippen LogP contribution in [0.15, 0.2) is 36.5 Å². The zero-order valence-corrected chi connectivity index (χ0v) is 17.0. The van der Waals surface area contributed by atoms with Gasteiger partial charge in [0.2, 0.25) is 0 Å². The molecule has 146 valence electrons. The van der Waals surface area contributed by atoms with Crippen molar-refractivity contribution < 1.29 is 4.79 Å². The summed E-state index contributed by atoms with van der Waals surface area (Å²) in [6.45, 7) is 6.40. The fourth-order valence-corrected chi connectivity index (χ4v) is 3.92. The summed E-state index contributed by atoms with van der Waals surface area (Å²) in [7, 11) is 0. The molecule has 0 atom stereocenters. The van der Waals surface area contributed by atoms with Crippen molar-refractivity contribution in [3.8, 4) is 0 Å². The Labute approximate surface area is 173 Å². The van der Waals surface area contributed by atoms with Crippen LogP contribution in [0.5, 0.6) is 0 Å². The van der Waals surface area contributed by atoms with Gasteiger partial charge >= 0.3 is 0 Å². The number of rotatable bonds is 4. The van der Waals surface area contributed by atoms with E-state index in [4.69, 9.17) is 23.2 Å². The maximum absolute atomic E-state index is 12.9. The van der Waals surface area contributed by atoms with Crippen molar-refractivity contribution in [1.82, 2.24) is 14.9 Å². The van der Waals surface area contributed by atoms with Gasteiger partial charge in [0.1, 0.15) is 11.5 Å². The standard InChI is InChI=1S/C20H21Cl2N5O/c1-2-27-16-5-4-15(21)19(22)14(16)11-17(27)20(28)25-13-3-6-18(24-12-13)26-9-7-23-8-10-26/h3-6,11-12,23H,2,7-10H2,1H3,(H,25,28). The molecule has 1 amide bonds. The highest BCUT2D eigenvalue weighted by Crippen LogP contribution is 2.33. The highest BCUT2D eigenvalue weighted by molar-refractivity contribution is 6.45. The van der Waals surface area contributed by atoms with Crippen molar-refractivity contribution in [1.29, 1.82) is 0 Å². The fourth-order valence-electron chi connectivity index (χ4n) is 3.54. The number of carbonyl (C=O) groups excluding carboxylic acids is 1. The van der Waals surface area contributed by atoms with Gasteiger partial charge < -0.3 is 20.1 Å². The number of nitrogens with one attached hydrogen (secondary N) is 2. The van der Waals surface area contributed by atoms with E-state index in [-0.39, 0.29) is 5.91 Å². The van der Waals surface area contributed by atoms with Crippen molar-refractivity contribution in [2.75, 3.05) is 36.4 Å². The van der Waals surface area contributed by atoms with Gasteiger partial charge in [-0.3, -0.25) is 4.79 Å². The molecule has 0 spiro atoms. The zero-order valence-electron chi connectivity index (χ0n) is 15.5. The summed E-state index contributed by atoms with van der Waals surface area (Å²) >= 11 is 12.5. The average molecular weight is 418 g/mol. The van der Waals surface area contributed by atoms with E-state index in [0.717, 1.165) is 42.9 Å². The van der Waals surface area contributed by atoms with Crippen LogP contribution in [0, 0.1) is 0 Å². The van der Waals surface area contributed by atoms with E-state index in [1.165, 1.54) is 0 Å². The van der Waals surface area contributed by atoms with Gasteiger partial charge in [-0.1, -0.05) is 23.2 Å². The predicted octanol–water partition coefficient (Wildman–Crippen LogP) is 4.02. The first-order valence-corrected chi connectivity index (χ1v) is 10.0. The molecule has 0 saturated carbocycles. The predicted molar refractivity (Wildman–Crippen MR) is 115 cm³/mol. The molecule has 3 aromatic rings. The molecule has 3 heterocycles. The third-order valence-electron chi connectivity index (χ3n) is 4.97. The number of halogens is 2. The van der Waals surface area contributed by atoms with Crippen LogP contribution >= 0.6 is 23.2 Å². The second-order valence-electron chi connectivity index (χ2n) is 6.66. The molecule has 6 nitrogen and oxygen atoms in total. The number of nitrogens with zero attached hydrogens (tertiary/aromatic N) is 3. The molecule has 4 rings (SSSR count). The number of anilines is 2. The van der Waals surface area contributed by atoms with Crippen LogP contribution in [0.4, 0.5) is 11.5 Å². The van der Waals surface area contributed by atoms with E-state index in [0.29, 0.717) is 28.0 Å². The van der Waals surface area contributed by atoms with Crippen LogP contribution in [-0.2, 0) is 6.54 Å². The van der Waals surface area contributed by atoms with E-state index >= 15 is 0 Å². The smallest absolute Gasteiger partial charge is 0.272 e. The molecule has 28 heavy (non-hydrogen) atoms. The second kappa shape index (κ2) is 7.99. The van der Waals surface area contributed by atoms with E-state index in [1.807, 2.05) is 29.7 Å². The van der Waals surface area contributed by atoms with Crippen LogP contribution in [0.3, 0.4) is 0 Å².